The molecule has 3 aliphatic rings. The zero-order valence-corrected chi connectivity index (χ0v) is 17.0. The molecule has 0 amide bonds. The summed E-state index contributed by atoms with van der Waals surface area (Å²) in [5, 5.41) is 0. The zero-order chi connectivity index (χ0) is 22.4. The third kappa shape index (κ3) is 4.65. The van der Waals surface area contributed by atoms with Crippen LogP contribution in [0.25, 0.3) is 0 Å². The summed E-state index contributed by atoms with van der Waals surface area (Å²) in [5.74, 6) is -8.13. The van der Waals surface area contributed by atoms with Crippen molar-refractivity contribution in [2.75, 3.05) is 13.2 Å². The van der Waals surface area contributed by atoms with Gasteiger partial charge in [0.15, 0.2) is 13.2 Å². The van der Waals surface area contributed by atoms with E-state index in [1.54, 1.807) is 20.8 Å². The van der Waals surface area contributed by atoms with Crippen molar-refractivity contribution in [2.24, 2.45) is 23.7 Å². The average molecular weight is 434 g/mol. The van der Waals surface area contributed by atoms with Gasteiger partial charge in [-0.25, -0.2) is 18.4 Å². The third-order valence-corrected chi connectivity index (χ3v) is 5.25. The Morgan fingerprint density at radius 1 is 1.10 bits per heavy atom. The minimum atomic E-state index is -3.23. The molecule has 3 fully saturated rings. The van der Waals surface area contributed by atoms with Gasteiger partial charge in [-0.05, 0) is 27.2 Å². The molecular formula is C19H24F2O9. The van der Waals surface area contributed by atoms with Crippen molar-refractivity contribution < 1.29 is 51.6 Å². The van der Waals surface area contributed by atoms with Crippen molar-refractivity contribution in [3.63, 3.8) is 0 Å². The van der Waals surface area contributed by atoms with Crippen LogP contribution in [0.5, 0.6) is 0 Å². The summed E-state index contributed by atoms with van der Waals surface area (Å²) in [6, 6.07) is 0. The van der Waals surface area contributed by atoms with Crippen molar-refractivity contribution in [2.45, 2.75) is 57.8 Å². The molecule has 0 aromatic carbocycles. The normalized spacial score (nSPS) is 31.9. The molecule has 0 aromatic rings. The van der Waals surface area contributed by atoms with Crippen LogP contribution in [0.15, 0.2) is 0 Å². The summed E-state index contributed by atoms with van der Waals surface area (Å²) in [5.41, 5.74) is -0.757. The standard InChI is InChI=1S/C19H24F2O9/c1-18(2,3)30-10(22)6-26-15(23)11-8-5-9-12(11)16(24)28-13(9)14(8)29-17(25)27-7-19(4,20)21/h8-9,11-14H,5-7H2,1-4H3. The fraction of sp³-hybridized carbons (Fsp3) is 0.789. The van der Waals surface area contributed by atoms with Crippen molar-refractivity contribution in [3.8, 4) is 0 Å². The van der Waals surface area contributed by atoms with Crippen LogP contribution in [0.4, 0.5) is 13.6 Å². The number of carbonyl (C=O) groups excluding carboxylic acids is 4. The number of hydrogen-bond donors (Lipinski definition) is 0. The van der Waals surface area contributed by atoms with E-state index in [9.17, 15) is 28.0 Å². The fourth-order valence-electron chi connectivity index (χ4n) is 4.40. The quantitative estimate of drug-likeness (QED) is 0.456. The molecule has 2 bridgehead atoms. The van der Waals surface area contributed by atoms with Crippen LogP contribution in [0.2, 0.25) is 0 Å². The van der Waals surface area contributed by atoms with Gasteiger partial charge in [-0.15, -0.1) is 0 Å². The van der Waals surface area contributed by atoms with Gasteiger partial charge in [0.2, 0.25) is 0 Å². The van der Waals surface area contributed by atoms with Crippen LogP contribution in [0.1, 0.15) is 34.1 Å². The highest BCUT2D eigenvalue weighted by Crippen LogP contribution is 2.59. The molecule has 0 spiro atoms. The van der Waals surface area contributed by atoms with E-state index in [2.05, 4.69) is 4.74 Å². The summed E-state index contributed by atoms with van der Waals surface area (Å²) >= 11 is 0. The van der Waals surface area contributed by atoms with Gasteiger partial charge in [0, 0.05) is 18.8 Å². The molecule has 30 heavy (non-hydrogen) atoms. The lowest BCUT2D eigenvalue weighted by Crippen LogP contribution is -2.44. The molecule has 1 aliphatic heterocycles. The highest BCUT2D eigenvalue weighted by molar-refractivity contribution is 5.87. The van der Waals surface area contributed by atoms with Gasteiger partial charge in [0.05, 0.1) is 11.8 Å². The van der Waals surface area contributed by atoms with Gasteiger partial charge in [-0.3, -0.25) is 9.59 Å². The van der Waals surface area contributed by atoms with Crippen molar-refractivity contribution in [3.05, 3.63) is 0 Å². The van der Waals surface area contributed by atoms with Crippen molar-refractivity contribution in [1.82, 2.24) is 0 Å². The molecule has 0 N–H and O–H groups in total. The molecule has 3 rings (SSSR count). The maximum absolute atomic E-state index is 12.9. The third-order valence-electron chi connectivity index (χ3n) is 5.25. The van der Waals surface area contributed by atoms with Crippen LogP contribution in [0.3, 0.4) is 0 Å². The van der Waals surface area contributed by atoms with E-state index >= 15 is 0 Å². The Labute approximate surface area is 171 Å². The number of ether oxygens (including phenoxy) is 5. The van der Waals surface area contributed by atoms with Gasteiger partial charge in [-0.1, -0.05) is 0 Å². The Kier molecular flexibility index (Phi) is 5.68. The van der Waals surface area contributed by atoms with Gasteiger partial charge >= 0.3 is 24.1 Å². The maximum Gasteiger partial charge on any atom is 0.508 e. The summed E-state index contributed by atoms with van der Waals surface area (Å²) < 4.78 is 50.6. The maximum atomic E-state index is 12.9. The Hall–Kier alpha value is -2.46. The Bertz CT molecular complexity index is 739. The second-order valence-corrected chi connectivity index (χ2v) is 8.90. The van der Waals surface area contributed by atoms with E-state index in [0.717, 1.165) is 0 Å². The first kappa shape index (κ1) is 22.2. The molecule has 0 aromatic heterocycles. The predicted molar refractivity (Wildman–Crippen MR) is 92.1 cm³/mol. The van der Waals surface area contributed by atoms with Gasteiger partial charge in [0.1, 0.15) is 17.8 Å². The van der Waals surface area contributed by atoms with Crippen LogP contribution in [-0.4, -0.2) is 61.0 Å². The molecule has 9 nitrogen and oxygen atoms in total. The zero-order valence-electron chi connectivity index (χ0n) is 17.0. The topological polar surface area (TPSA) is 114 Å². The van der Waals surface area contributed by atoms with E-state index in [1.807, 2.05) is 0 Å². The molecule has 168 valence electrons. The second-order valence-electron chi connectivity index (χ2n) is 8.90. The molecule has 2 saturated carbocycles. The lowest BCUT2D eigenvalue weighted by atomic mass is 9.78. The van der Waals surface area contributed by atoms with Gasteiger partial charge < -0.3 is 23.7 Å². The molecule has 6 atom stereocenters. The molecule has 6 unspecified atom stereocenters. The minimum Gasteiger partial charge on any atom is -0.458 e. The van der Waals surface area contributed by atoms with E-state index in [4.69, 9.17) is 18.9 Å². The largest absolute Gasteiger partial charge is 0.508 e. The Balaban J connectivity index is 1.63. The molecule has 1 saturated heterocycles. The number of carbonyl (C=O) groups is 4. The number of esters is 3. The fourth-order valence-corrected chi connectivity index (χ4v) is 4.40. The summed E-state index contributed by atoms with van der Waals surface area (Å²) in [6.07, 6.45) is -2.77. The SMILES string of the molecule is CC(F)(F)COC(=O)OC1C2CC3C1OC(=O)C3C2C(=O)OCC(=O)OC(C)(C)C. The number of hydrogen-bond acceptors (Lipinski definition) is 9. The highest BCUT2D eigenvalue weighted by Gasteiger charge is 2.70. The first-order valence-electron chi connectivity index (χ1n) is 9.57. The molecule has 11 heteroatoms. The van der Waals surface area contributed by atoms with Crippen molar-refractivity contribution >= 4 is 24.1 Å². The number of alkyl halides is 2. The summed E-state index contributed by atoms with van der Waals surface area (Å²) in [6.45, 7) is 3.76. The summed E-state index contributed by atoms with van der Waals surface area (Å²) in [4.78, 5) is 48.4. The number of rotatable bonds is 6. The first-order chi connectivity index (χ1) is 13.8. The number of fused-ring (bicyclic) bond motifs is 1. The van der Waals surface area contributed by atoms with Crippen LogP contribution in [0, 0.1) is 23.7 Å². The van der Waals surface area contributed by atoms with Gasteiger partial charge in [0.25, 0.3) is 5.92 Å². The summed E-state index contributed by atoms with van der Waals surface area (Å²) in [7, 11) is 0. The van der Waals surface area contributed by atoms with E-state index in [0.29, 0.717) is 13.3 Å². The molecule has 2 aliphatic carbocycles. The molecular weight excluding hydrogens is 410 g/mol. The van der Waals surface area contributed by atoms with E-state index in [-0.39, 0.29) is 5.92 Å². The van der Waals surface area contributed by atoms with Crippen LogP contribution < -0.4 is 0 Å². The molecule has 0 radical (unpaired) electrons. The average Bonchev–Trinajstić information content (AvgIpc) is 3.19. The Morgan fingerprint density at radius 3 is 2.37 bits per heavy atom. The lowest BCUT2D eigenvalue weighted by Gasteiger charge is -2.29. The molecule has 1 heterocycles. The van der Waals surface area contributed by atoms with E-state index in [1.165, 1.54) is 0 Å². The predicted octanol–water partition coefficient (Wildman–Crippen LogP) is 1.86. The number of halogens is 2. The lowest BCUT2D eigenvalue weighted by molar-refractivity contribution is -0.170. The smallest absolute Gasteiger partial charge is 0.458 e. The second kappa shape index (κ2) is 7.66. The van der Waals surface area contributed by atoms with Crippen LogP contribution >= 0.6 is 0 Å². The van der Waals surface area contributed by atoms with Crippen molar-refractivity contribution in [1.29, 1.82) is 0 Å². The van der Waals surface area contributed by atoms with Gasteiger partial charge in [-0.2, -0.15) is 0 Å². The monoisotopic (exact) mass is 434 g/mol. The minimum absolute atomic E-state index is 0.356. The highest BCUT2D eigenvalue weighted by atomic mass is 19.3. The van der Waals surface area contributed by atoms with E-state index < -0.39 is 78.8 Å². The Morgan fingerprint density at radius 2 is 1.77 bits per heavy atom. The van der Waals surface area contributed by atoms with Crippen LogP contribution in [-0.2, 0) is 38.1 Å². The first-order valence-corrected chi connectivity index (χ1v) is 9.57.